The van der Waals surface area contributed by atoms with Crippen molar-refractivity contribution in [2.24, 2.45) is 5.16 Å². The highest BCUT2D eigenvalue weighted by Gasteiger charge is 2.26. The van der Waals surface area contributed by atoms with Crippen molar-refractivity contribution in [3.63, 3.8) is 0 Å². The van der Waals surface area contributed by atoms with Crippen LogP contribution in [0.2, 0.25) is 0 Å². The molecule has 1 aromatic carbocycles. The zero-order valence-electron chi connectivity index (χ0n) is 13.5. The second-order valence-electron chi connectivity index (χ2n) is 5.47. The number of methoxy groups -OCH3 is 1. The predicted octanol–water partition coefficient (Wildman–Crippen LogP) is 2.44. The number of benzene rings is 1. The Labute approximate surface area is 143 Å². The van der Waals surface area contributed by atoms with E-state index in [1.807, 2.05) is 31.2 Å². The second-order valence-corrected chi connectivity index (χ2v) is 6.53. The number of nitrogens with one attached hydrogen (secondary N) is 1. The van der Waals surface area contributed by atoms with E-state index in [2.05, 4.69) is 20.7 Å². The van der Waals surface area contributed by atoms with E-state index in [1.165, 1.54) is 16.9 Å². The first kappa shape index (κ1) is 16.4. The van der Waals surface area contributed by atoms with Crippen LogP contribution in [0.4, 0.5) is 5.13 Å². The molecular formula is C16H18N4O3S. The maximum absolute atomic E-state index is 12.0. The summed E-state index contributed by atoms with van der Waals surface area (Å²) >= 11 is 1.37. The number of oxime groups is 1. The van der Waals surface area contributed by atoms with Crippen molar-refractivity contribution in [1.29, 1.82) is 0 Å². The first-order valence-corrected chi connectivity index (χ1v) is 8.41. The summed E-state index contributed by atoms with van der Waals surface area (Å²) in [5.74, 6) is 0.595. The highest BCUT2D eigenvalue weighted by molar-refractivity contribution is 7.15. The van der Waals surface area contributed by atoms with Gasteiger partial charge in [-0.1, -0.05) is 28.6 Å². The lowest BCUT2D eigenvalue weighted by Crippen LogP contribution is -2.27. The molecule has 0 fully saturated rings. The summed E-state index contributed by atoms with van der Waals surface area (Å²) in [7, 11) is 1.65. The Kier molecular flexibility index (Phi) is 5.05. The third-order valence-electron chi connectivity index (χ3n) is 3.57. The van der Waals surface area contributed by atoms with Crippen LogP contribution in [0, 0.1) is 0 Å². The Morgan fingerprint density at radius 3 is 3.04 bits per heavy atom. The van der Waals surface area contributed by atoms with Gasteiger partial charge >= 0.3 is 0 Å². The molecule has 0 unspecified atom stereocenters. The van der Waals surface area contributed by atoms with Crippen LogP contribution in [0.3, 0.4) is 0 Å². The zero-order chi connectivity index (χ0) is 16.9. The van der Waals surface area contributed by atoms with Crippen LogP contribution in [-0.4, -0.2) is 35.0 Å². The summed E-state index contributed by atoms with van der Waals surface area (Å²) in [6.45, 7) is 1.83. The molecule has 7 nitrogen and oxygen atoms in total. The Balaban J connectivity index is 1.52. The molecule has 1 aromatic heterocycles. The van der Waals surface area contributed by atoms with Gasteiger partial charge in [0.15, 0.2) is 0 Å². The fourth-order valence-corrected chi connectivity index (χ4v) is 3.05. The molecule has 2 aromatic rings. The topological polar surface area (TPSA) is 85.7 Å². The summed E-state index contributed by atoms with van der Waals surface area (Å²) < 4.78 is 5.22. The van der Waals surface area contributed by atoms with Crippen LogP contribution in [-0.2, 0) is 22.5 Å². The molecule has 1 N–H and O–H groups in total. The van der Waals surface area contributed by atoms with Gasteiger partial charge in [-0.3, -0.25) is 10.1 Å². The van der Waals surface area contributed by atoms with Gasteiger partial charge in [0.05, 0.1) is 12.8 Å². The van der Waals surface area contributed by atoms with E-state index in [-0.39, 0.29) is 5.91 Å². The number of carbonyl (C=O) groups is 1. The SMILES string of the molecule is COc1cccc(CCc2nnc(NC(=O)[C@H]3CC(C)=NO3)s2)c1. The molecular weight excluding hydrogens is 328 g/mol. The molecule has 0 spiro atoms. The van der Waals surface area contributed by atoms with Gasteiger partial charge in [0.2, 0.25) is 11.2 Å². The van der Waals surface area contributed by atoms with Gasteiger partial charge in [-0.2, -0.15) is 0 Å². The summed E-state index contributed by atoms with van der Waals surface area (Å²) in [4.78, 5) is 17.1. The zero-order valence-corrected chi connectivity index (χ0v) is 14.3. The number of amides is 1. The summed E-state index contributed by atoms with van der Waals surface area (Å²) in [6, 6.07) is 7.93. The van der Waals surface area contributed by atoms with Crippen LogP contribution in [0.15, 0.2) is 29.4 Å². The van der Waals surface area contributed by atoms with Crippen molar-refractivity contribution < 1.29 is 14.4 Å². The van der Waals surface area contributed by atoms with E-state index in [0.29, 0.717) is 11.6 Å². The van der Waals surface area contributed by atoms with E-state index >= 15 is 0 Å². The minimum Gasteiger partial charge on any atom is -0.497 e. The summed E-state index contributed by atoms with van der Waals surface area (Å²) in [6.07, 6.45) is 1.52. The monoisotopic (exact) mass is 346 g/mol. The number of ether oxygens (including phenoxy) is 1. The van der Waals surface area contributed by atoms with Crippen molar-refractivity contribution in [3.8, 4) is 5.75 Å². The number of rotatable bonds is 6. The lowest BCUT2D eigenvalue weighted by molar-refractivity contribution is -0.125. The molecule has 1 aliphatic rings. The Morgan fingerprint density at radius 2 is 2.29 bits per heavy atom. The fraction of sp³-hybridized carbons (Fsp3) is 0.375. The van der Waals surface area contributed by atoms with Crippen molar-refractivity contribution in [2.45, 2.75) is 32.3 Å². The molecule has 1 aliphatic heterocycles. The Bertz CT molecular complexity index is 759. The standard InChI is InChI=1S/C16H18N4O3S/c1-10-8-13(23-20-10)15(21)17-16-19-18-14(24-16)7-6-11-4-3-5-12(9-11)22-2/h3-5,9,13H,6-8H2,1-2H3,(H,17,19,21)/t13-/m1/s1. The number of carbonyl (C=O) groups excluding carboxylic acids is 1. The highest BCUT2D eigenvalue weighted by Crippen LogP contribution is 2.20. The van der Waals surface area contributed by atoms with E-state index < -0.39 is 6.10 Å². The molecule has 0 bridgehead atoms. The van der Waals surface area contributed by atoms with Crippen LogP contribution in [0.5, 0.6) is 5.75 Å². The summed E-state index contributed by atoms with van der Waals surface area (Å²) in [5, 5.41) is 16.0. The van der Waals surface area contributed by atoms with Gasteiger partial charge in [0.25, 0.3) is 5.91 Å². The third-order valence-corrected chi connectivity index (χ3v) is 4.47. The lowest BCUT2D eigenvalue weighted by atomic mass is 10.1. The lowest BCUT2D eigenvalue weighted by Gasteiger charge is -2.06. The number of aryl methyl sites for hydroxylation is 2. The van der Waals surface area contributed by atoms with Crippen molar-refractivity contribution >= 4 is 28.1 Å². The highest BCUT2D eigenvalue weighted by atomic mass is 32.1. The third kappa shape index (κ3) is 4.08. The molecule has 24 heavy (non-hydrogen) atoms. The first-order chi connectivity index (χ1) is 11.6. The minimum absolute atomic E-state index is 0.244. The Morgan fingerprint density at radius 1 is 1.42 bits per heavy atom. The molecule has 1 atom stereocenters. The van der Waals surface area contributed by atoms with Gasteiger partial charge in [0.1, 0.15) is 10.8 Å². The van der Waals surface area contributed by atoms with Gasteiger partial charge in [-0.05, 0) is 31.0 Å². The maximum Gasteiger partial charge on any atom is 0.270 e. The number of hydrogen-bond acceptors (Lipinski definition) is 7. The Hall–Kier alpha value is -2.48. The predicted molar refractivity (Wildman–Crippen MR) is 91.5 cm³/mol. The molecule has 0 radical (unpaired) electrons. The molecule has 8 heteroatoms. The van der Waals surface area contributed by atoms with Crippen LogP contribution < -0.4 is 10.1 Å². The molecule has 3 rings (SSSR count). The largest absolute Gasteiger partial charge is 0.497 e. The molecule has 1 amide bonds. The molecule has 0 saturated heterocycles. The van der Waals surface area contributed by atoms with Crippen molar-refractivity contribution in [3.05, 3.63) is 34.8 Å². The average Bonchev–Trinajstić information content (AvgIpc) is 3.22. The number of hydrogen-bond donors (Lipinski definition) is 1. The van der Waals surface area contributed by atoms with Gasteiger partial charge < -0.3 is 9.57 Å². The quantitative estimate of drug-likeness (QED) is 0.868. The van der Waals surface area contributed by atoms with Crippen molar-refractivity contribution in [2.75, 3.05) is 12.4 Å². The average molecular weight is 346 g/mol. The van der Waals surface area contributed by atoms with E-state index in [0.717, 1.165) is 29.3 Å². The van der Waals surface area contributed by atoms with E-state index in [4.69, 9.17) is 9.57 Å². The van der Waals surface area contributed by atoms with E-state index in [1.54, 1.807) is 7.11 Å². The van der Waals surface area contributed by atoms with Crippen LogP contribution in [0.1, 0.15) is 23.9 Å². The fourth-order valence-electron chi connectivity index (χ4n) is 2.31. The number of anilines is 1. The van der Waals surface area contributed by atoms with Gasteiger partial charge in [0, 0.05) is 12.8 Å². The van der Waals surface area contributed by atoms with Crippen LogP contribution in [0.25, 0.3) is 0 Å². The number of nitrogens with zero attached hydrogens (tertiary/aromatic N) is 3. The second kappa shape index (κ2) is 7.39. The van der Waals surface area contributed by atoms with Gasteiger partial charge in [-0.25, -0.2) is 0 Å². The molecule has 126 valence electrons. The summed E-state index contributed by atoms with van der Waals surface area (Å²) in [5.41, 5.74) is 1.98. The number of aromatic nitrogens is 2. The maximum atomic E-state index is 12.0. The van der Waals surface area contributed by atoms with E-state index in [9.17, 15) is 4.79 Å². The molecule has 0 aliphatic carbocycles. The van der Waals surface area contributed by atoms with Crippen LogP contribution >= 0.6 is 11.3 Å². The van der Waals surface area contributed by atoms with Gasteiger partial charge in [-0.15, -0.1) is 10.2 Å². The normalized spacial score (nSPS) is 16.4. The minimum atomic E-state index is -0.575. The first-order valence-electron chi connectivity index (χ1n) is 7.59. The molecule has 2 heterocycles. The molecule has 0 saturated carbocycles. The smallest absolute Gasteiger partial charge is 0.270 e. The van der Waals surface area contributed by atoms with Crippen molar-refractivity contribution in [1.82, 2.24) is 10.2 Å².